The zero-order valence-corrected chi connectivity index (χ0v) is 13.0. The number of carbonyl (C=O) groups excluding carboxylic acids is 2. The summed E-state index contributed by atoms with van der Waals surface area (Å²) in [5.74, 6) is -3.43. The summed E-state index contributed by atoms with van der Waals surface area (Å²) in [6, 6.07) is 10.4. The van der Waals surface area contributed by atoms with Crippen molar-refractivity contribution < 1.29 is 18.4 Å². The Balaban J connectivity index is 1.99. The Bertz CT molecular complexity index is 718. The van der Waals surface area contributed by atoms with Crippen LogP contribution in [0.5, 0.6) is 0 Å². The molecule has 2 N–H and O–H groups in total. The Labute approximate surface area is 136 Å². The minimum absolute atomic E-state index is 0.293. The molecule has 2 aromatic carbocycles. The maximum Gasteiger partial charge on any atom is 0.313 e. The van der Waals surface area contributed by atoms with E-state index in [-0.39, 0.29) is 5.56 Å². The maximum absolute atomic E-state index is 13.5. The third-order valence-electron chi connectivity index (χ3n) is 3.05. The normalized spacial score (nSPS) is 10.2. The van der Waals surface area contributed by atoms with Crippen molar-refractivity contribution in [3.63, 3.8) is 0 Å². The molecule has 0 saturated heterocycles. The first-order valence-corrected chi connectivity index (χ1v) is 7.90. The molecule has 0 aliphatic carbocycles. The zero-order chi connectivity index (χ0) is 16.8. The fourth-order valence-electron chi connectivity index (χ4n) is 1.88. The van der Waals surface area contributed by atoms with Crippen LogP contribution in [0.4, 0.5) is 14.5 Å². The van der Waals surface area contributed by atoms with Crippen molar-refractivity contribution in [2.24, 2.45) is 0 Å². The smallest absolute Gasteiger partial charge is 0.313 e. The van der Waals surface area contributed by atoms with Crippen molar-refractivity contribution in [3.8, 4) is 0 Å². The van der Waals surface area contributed by atoms with E-state index in [0.717, 1.165) is 17.0 Å². The van der Waals surface area contributed by atoms with Crippen molar-refractivity contribution in [2.45, 2.75) is 11.4 Å². The number of para-hydroxylation sites is 1. The molecule has 0 bridgehead atoms. The first-order valence-electron chi connectivity index (χ1n) is 6.68. The van der Waals surface area contributed by atoms with Crippen molar-refractivity contribution in [2.75, 3.05) is 11.6 Å². The van der Waals surface area contributed by atoms with Crippen LogP contribution < -0.4 is 10.6 Å². The van der Waals surface area contributed by atoms with E-state index in [2.05, 4.69) is 10.6 Å². The molecule has 0 unspecified atom stereocenters. The van der Waals surface area contributed by atoms with Gasteiger partial charge >= 0.3 is 11.8 Å². The van der Waals surface area contributed by atoms with E-state index >= 15 is 0 Å². The van der Waals surface area contributed by atoms with Gasteiger partial charge in [-0.25, -0.2) is 8.78 Å². The second-order valence-corrected chi connectivity index (χ2v) is 5.39. The van der Waals surface area contributed by atoms with Crippen molar-refractivity contribution in [1.82, 2.24) is 5.32 Å². The van der Waals surface area contributed by atoms with Gasteiger partial charge in [-0.1, -0.05) is 18.2 Å². The number of thioether (sulfide) groups is 1. The van der Waals surface area contributed by atoms with Gasteiger partial charge in [0.05, 0.1) is 5.69 Å². The molecule has 120 valence electrons. The van der Waals surface area contributed by atoms with Gasteiger partial charge < -0.3 is 10.6 Å². The number of amides is 2. The SMILES string of the molecule is CSc1ccccc1NC(=O)C(=O)NCc1c(F)cccc1F. The Morgan fingerprint density at radius 1 is 1.00 bits per heavy atom. The molecule has 0 atom stereocenters. The summed E-state index contributed by atoms with van der Waals surface area (Å²) in [5.41, 5.74) is 0.204. The minimum Gasteiger partial charge on any atom is -0.344 e. The van der Waals surface area contributed by atoms with E-state index in [4.69, 9.17) is 0 Å². The number of carbonyl (C=O) groups is 2. The Morgan fingerprint density at radius 2 is 1.65 bits per heavy atom. The molecule has 2 amide bonds. The summed E-state index contributed by atoms with van der Waals surface area (Å²) in [4.78, 5) is 24.4. The van der Waals surface area contributed by atoms with E-state index in [0.29, 0.717) is 5.69 Å². The van der Waals surface area contributed by atoms with Crippen molar-refractivity contribution >= 4 is 29.3 Å². The number of benzene rings is 2. The lowest BCUT2D eigenvalue weighted by Gasteiger charge is -2.10. The highest BCUT2D eigenvalue weighted by atomic mass is 32.2. The lowest BCUT2D eigenvalue weighted by atomic mass is 10.2. The van der Waals surface area contributed by atoms with Crippen LogP contribution in [0.1, 0.15) is 5.56 Å². The second-order valence-electron chi connectivity index (χ2n) is 4.54. The summed E-state index contributed by atoms with van der Waals surface area (Å²) in [7, 11) is 0. The van der Waals surface area contributed by atoms with Crippen molar-refractivity contribution in [3.05, 3.63) is 59.7 Å². The van der Waals surface area contributed by atoms with Gasteiger partial charge in [-0.3, -0.25) is 9.59 Å². The van der Waals surface area contributed by atoms with E-state index in [1.807, 2.05) is 12.3 Å². The van der Waals surface area contributed by atoms with Gasteiger partial charge in [-0.15, -0.1) is 11.8 Å². The highest BCUT2D eigenvalue weighted by Crippen LogP contribution is 2.24. The molecule has 0 aliphatic rings. The monoisotopic (exact) mass is 336 g/mol. The molecular weight excluding hydrogens is 322 g/mol. The molecule has 0 aromatic heterocycles. The highest BCUT2D eigenvalue weighted by molar-refractivity contribution is 7.98. The van der Waals surface area contributed by atoms with E-state index in [1.54, 1.807) is 18.2 Å². The molecule has 2 rings (SSSR count). The average molecular weight is 336 g/mol. The van der Waals surface area contributed by atoms with Gasteiger partial charge in [0.15, 0.2) is 0 Å². The zero-order valence-electron chi connectivity index (χ0n) is 12.2. The summed E-state index contributed by atoms with van der Waals surface area (Å²) in [5, 5.41) is 4.67. The van der Waals surface area contributed by atoms with Gasteiger partial charge in [-0.05, 0) is 30.5 Å². The number of anilines is 1. The Morgan fingerprint density at radius 3 is 2.30 bits per heavy atom. The lowest BCUT2D eigenvalue weighted by molar-refractivity contribution is -0.136. The summed E-state index contributed by atoms with van der Waals surface area (Å²) < 4.78 is 26.9. The first-order chi connectivity index (χ1) is 11.0. The van der Waals surface area contributed by atoms with Crippen molar-refractivity contribution in [1.29, 1.82) is 0 Å². The van der Waals surface area contributed by atoms with Crippen LogP contribution in [-0.4, -0.2) is 18.1 Å². The second kappa shape index (κ2) is 7.73. The number of rotatable bonds is 4. The molecule has 0 spiro atoms. The number of hydrogen-bond acceptors (Lipinski definition) is 3. The molecular formula is C16H14F2N2O2S. The molecule has 2 aromatic rings. The standard InChI is InChI=1S/C16H14F2N2O2S/c1-23-14-8-3-2-7-13(14)20-16(22)15(21)19-9-10-11(17)5-4-6-12(10)18/h2-8H,9H2,1H3,(H,19,21)(H,20,22). The number of halogens is 2. The molecule has 7 heteroatoms. The van der Waals surface area contributed by atoms with E-state index in [9.17, 15) is 18.4 Å². The molecule has 0 radical (unpaired) electrons. The highest BCUT2D eigenvalue weighted by Gasteiger charge is 2.16. The van der Waals surface area contributed by atoms with Crippen LogP contribution in [0.15, 0.2) is 47.4 Å². The van der Waals surface area contributed by atoms with Crippen LogP contribution in [0, 0.1) is 11.6 Å². The van der Waals surface area contributed by atoms with Gasteiger partial charge in [0.1, 0.15) is 11.6 Å². The summed E-state index contributed by atoms with van der Waals surface area (Å²) >= 11 is 1.42. The van der Waals surface area contributed by atoms with Gasteiger partial charge in [0, 0.05) is 17.0 Å². The summed E-state index contributed by atoms with van der Waals surface area (Å²) in [6.45, 7) is -0.408. The first kappa shape index (κ1) is 17.0. The maximum atomic E-state index is 13.5. The fourth-order valence-corrected chi connectivity index (χ4v) is 2.43. The van der Waals surface area contributed by atoms with E-state index < -0.39 is 30.0 Å². The van der Waals surface area contributed by atoms with Gasteiger partial charge in [0.25, 0.3) is 0 Å². The van der Waals surface area contributed by atoms with Crippen LogP contribution in [-0.2, 0) is 16.1 Å². The third-order valence-corrected chi connectivity index (χ3v) is 3.84. The average Bonchev–Trinajstić information content (AvgIpc) is 2.54. The minimum atomic E-state index is -0.969. The fraction of sp³-hybridized carbons (Fsp3) is 0.125. The van der Waals surface area contributed by atoms with Crippen LogP contribution >= 0.6 is 11.8 Å². The number of hydrogen-bond donors (Lipinski definition) is 2. The number of nitrogens with one attached hydrogen (secondary N) is 2. The largest absolute Gasteiger partial charge is 0.344 e. The summed E-state index contributed by atoms with van der Waals surface area (Å²) in [6.07, 6.45) is 1.84. The molecule has 0 aliphatic heterocycles. The van der Waals surface area contributed by atoms with Crippen LogP contribution in [0.3, 0.4) is 0 Å². The Hall–Kier alpha value is -2.41. The molecule has 0 heterocycles. The quantitative estimate of drug-likeness (QED) is 0.667. The third kappa shape index (κ3) is 4.29. The van der Waals surface area contributed by atoms with Crippen LogP contribution in [0.25, 0.3) is 0 Å². The molecule has 23 heavy (non-hydrogen) atoms. The molecule has 0 fully saturated rings. The van der Waals surface area contributed by atoms with Gasteiger partial charge in [-0.2, -0.15) is 0 Å². The molecule has 4 nitrogen and oxygen atoms in total. The van der Waals surface area contributed by atoms with E-state index in [1.165, 1.54) is 17.8 Å². The lowest BCUT2D eigenvalue weighted by Crippen LogP contribution is -2.35. The molecule has 0 saturated carbocycles. The predicted octanol–water partition coefficient (Wildman–Crippen LogP) is 2.94. The van der Waals surface area contributed by atoms with Crippen LogP contribution in [0.2, 0.25) is 0 Å². The Kier molecular flexibility index (Phi) is 5.70. The predicted molar refractivity (Wildman–Crippen MR) is 85.1 cm³/mol. The van der Waals surface area contributed by atoms with Gasteiger partial charge in [0.2, 0.25) is 0 Å². The topological polar surface area (TPSA) is 58.2 Å².